The van der Waals surface area contributed by atoms with Crippen LogP contribution in [0.15, 0.2) is 6.20 Å². The number of nitrogens with zero attached hydrogens (tertiary/aromatic N) is 2. The van der Waals surface area contributed by atoms with Crippen LogP contribution in [0.3, 0.4) is 0 Å². The zero-order valence-electron chi connectivity index (χ0n) is 12.1. The van der Waals surface area contributed by atoms with E-state index < -0.39 is 0 Å². The van der Waals surface area contributed by atoms with Crippen LogP contribution in [0.2, 0.25) is 0 Å². The van der Waals surface area contributed by atoms with Gasteiger partial charge in [0.25, 0.3) is 0 Å². The molecule has 1 aliphatic heterocycles. The summed E-state index contributed by atoms with van der Waals surface area (Å²) in [4.78, 5) is 9.34. The lowest BCUT2D eigenvalue weighted by Crippen LogP contribution is -2.28. The number of aryl methyl sites for hydroxylation is 1. The molecular weight excluding hydrogens is 270 g/mol. The number of hydrogen-bond acceptors (Lipinski definition) is 5. The first-order valence-electron chi connectivity index (χ1n) is 7.61. The first-order chi connectivity index (χ1) is 9.86. The molecule has 110 valence electrons. The van der Waals surface area contributed by atoms with Crippen molar-refractivity contribution in [1.29, 1.82) is 0 Å². The summed E-state index contributed by atoms with van der Waals surface area (Å²) in [6, 6.07) is 0. The molecule has 0 spiro atoms. The minimum Gasteiger partial charge on any atom is -0.368 e. The predicted octanol–water partition coefficient (Wildman–Crippen LogP) is 2.00. The fourth-order valence-corrected chi connectivity index (χ4v) is 3.75. The minimum absolute atomic E-state index is 0.0959. The number of nitrogens with one attached hydrogen (secondary N) is 1. The molecule has 5 heteroatoms. The van der Waals surface area contributed by atoms with Gasteiger partial charge in [-0.3, -0.25) is 0 Å². The summed E-state index contributed by atoms with van der Waals surface area (Å²) in [6.45, 7) is 5.14. The minimum atomic E-state index is 0.0959. The Bertz CT molecular complexity index is 449. The van der Waals surface area contributed by atoms with Crippen molar-refractivity contribution in [2.75, 3.05) is 31.2 Å². The van der Waals surface area contributed by atoms with Crippen LogP contribution in [0.5, 0.6) is 0 Å². The van der Waals surface area contributed by atoms with Crippen LogP contribution < -0.4 is 5.32 Å². The highest BCUT2D eigenvalue weighted by molar-refractivity contribution is 7.99. The molecule has 20 heavy (non-hydrogen) atoms. The number of hydrogen-bond donors (Lipinski definition) is 1. The highest BCUT2D eigenvalue weighted by atomic mass is 32.2. The summed E-state index contributed by atoms with van der Waals surface area (Å²) in [5.74, 6) is 3.70. The van der Waals surface area contributed by atoms with Gasteiger partial charge in [-0.25, -0.2) is 9.97 Å². The Morgan fingerprint density at radius 2 is 2.45 bits per heavy atom. The maximum absolute atomic E-state index is 5.77. The van der Waals surface area contributed by atoms with E-state index >= 15 is 0 Å². The number of aromatic nitrogens is 2. The van der Waals surface area contributed by atoms with Gasteiger partial charge in [0.05, 0.1) is 6.61 Å². The van der Waals surface area contributed by atoms with Gasteiger partial charge in [0, 0.05) is 23.4 Å². The molecule has 2 unspecified atom stereocenters. The zero-order chi connectivity index (χ0) is 13.8. The lowest BCUT2D eigenvalue weighted by Gasteiger charge is -2.26. The lowest BCUT2D eigenvalue weighted by atomic mass is 9.87. The molecule has 1 saturated heterocycles. The lowest BCUT2D eigenvalue weighted by molar-refractivity contribution is 0.0691. The Balaban J connectivity index is 1.68. The molecule has 1 aromatic heterocycles. The second-order valence-electron chi connectivity index (χ2n) is 5.55. The maximum atomic E-state index is 5.77. The van der Waals surface area contributed by atoms with Crippen molar-refractivity contribution in [3.8, 4) is 0 Å². The smallest absolute Gasteiger partial charge is 0.158 e. The molecule has 2 heterocycles. The standard InChI is InChI=1S/C15H23N3OS/c1-2-16-8-11-3-4-13-12(7-11)9-17-15(18-13)14-10-20-6-5-19-14/h9,11,14,16H,2-8,10H2,1H3. The maximum Gasteiger partial charge on any atom is 0.158 e. The van der Waals surface area contributed by atoms with E-state index in [2.05, 4.69) is 17.2 Å². The summed E-state index contributed by atoms with van der Waals surface area (Å²) >= 11 is 1.93. The molecule has 0 bridgehead atoms. The van der Waals surface area contributed by atoms with Crippen LogP contribution >= 0.6 is 11.8 Å². The number of thioether (sulfide) groups is 1. The molecule has 3 rings (SSSR count). The third-order valence-electron chi connectivity index (χ3n) is 4.06. The summed E-state index contributed by atoms with van der Waals surface area (Å²) in [5.41, 5.74) is 2.59. The zero-order valence-corrected chi connectivity index (χ0v) is 12.9. The van der Waals surface area contributed by atoms with Crippen molar-refractivity contribution in [3.05, 3.63) is 23.3 Å². The van der Waals surface area contributed by atoms with E-state index in [1.165, 1.54) is 17.7 Å². The van der Waals surface area contributed by atoms with Crippen LogP contribution in [0.25, 0.3) is 0 Å². The molecule has 1 N–H and O–H groups in total. The number of rotatable bonds is 4. The highest BCUT2D eigenvalue weighted by Crippen LogP contribution is 2.27. The van der Waals surface area contributed by atoms with Crippen LogP contribution in [0.4, 0.5) is 0 Å². The third kappa shape index (κ3) is 3.32. The van der Waals surface area contributed by atoms with Crippen molar-refractivity contribution in [3.63, 3.8) is 0 Å². The molecule has 0 amide bonds. The Kier molecular flexibility index (Phi) is 4.91. The molecule has 1 aliphatic carbocycles. The average molecular weight is 293 g/mol. The van der Waals surface area contributed by atoms with Crippen LogP contribution in [0.1, 0.15) is 36.5 Å². The molecule has 0 radical (unpaired) electrons. The monoisotopic (exact) mass is 293 g/mol. The summed E-state index contributed by atoms with van der Waals surface area (Å²) in [5, 5.41) is 3.45. The SMILES string of the molecule is CCNCC1CCc2nc(C3CSCCO3)ncc2C1. The van der Waals surface area contributed by atoms with Gasteiger partial charge in [0.15, 0.2) is 5.82 Å². The van der Waals surface area contributed by atoms with Gasteiger partial charge in [-0.1, -0.05) is 6.92 Å². The molecule has 4 nitrogen and oxygen atoms in total. The van der Waals surface area contributed by atoms with E-state index in [1.54, 1.807) is 0 Å². The van der Waals surface area contributed by atoms with Crippen molar-refractivity contribution in [1.82, 2.24) is 15.3 Å². The molecule has 2 atom stereocenters. The molecule has 1 fully saturated rings. The van der Waals surface area contributed by atoms with Crippen molar-refractivity contribution < 1.29 is 4.74 Å². The molecule has 0 aromatic carbocycles. The fraction of sp³-hybridized carbons (Fsp3) is 0.733. The van der Waals surface area contributed by atoms with Gasteiger partial charge >= 0.3 is 0 Å². The van der Waals surface area contributed by atoms with Crippen molar-refractivity contribution in [2.45, 2.75) is 32.3 Å². The van der Waals surface area contributed by atoms with Gasteiger partial charge in [-0.15, -0.1) is 0 Å². The van der Waals surface area contributed by atoms with Crippen LogP contribution in [-0.4, -0.2) is 41.2 Å². The summed E-state index contributed by atoms with van der Waals surface area (Å²) < 4.78 is 5.77. The highest BCUT2D eigenvalue weighted by Gasteiger charge is 2.24. The molecule has 0 saturated carbocycles. The predicted molar refractivity (Wildman–Crippen MR) is 82.1 cm³/mol. The molecule has 1 aromatic rings. The van der Waals surface area contributed by atoms with Gasteiger partial charge in [-0.2, -0.15) is 11.8 Å². The summed E-state index contributed by atoms with van der Waals surface area (Å²) in [6.07, 6.45) is 5.57. The third-order valence-corrected chi connectivity index (χ3v) is 5.05. The normalized spacial score (nSPS) is 26.2. The fourth-order valence-electron chi connectivity index (χ4n) is 2.91. The second kappa shape index (κ2) is 6.87. The van der Waals surface area contributed by atoms with Gasteiger partial charge in [0.2, 0.25) is 0 Å². The molecule has 2 aliphatic rings. The number of fused-ring (bicyclic) bond motifs is 1. The van der Waals surface area contributed by atoms with E-state index in [9.17, 15) is 0 Å². The Hall–Kier alpha value is -0.650. The first kappa shape index (κ1) is 14.3. The topological polar surface area (TPSA) is 47.0 Å². The van der Waals surface area contributed by atoms with E-state index in [0.29, 0.717) is 0 Å². The molecular formula is C15H23N3OS. The van der Waals surface area contributed by atoms with E-state index in [0.717, 1.165) is 55.8 Å². The summed E-state index contributed by atoms with van der Waals surface area (Å²) in [7, 11) is 0. The van der Waals surface area contributed by atoms with Crippen molar-refractivity contribution >= 4 is 11.8 Å². The Morgan fingerprint density at radius 1 is 1.50 bits per heavy atom. The van der Waals surface area contributed by atoms with Crippen molar-refractivity contribution in [2.24, 2.45) is 5.92 Å². The van der Waals surface area contributed by atoms with E-state index in [4.69, 9.17) is 9.72 Å². The van der Waals surface area contributed by atoms with E-state index in [-0.39, 0.29) is 6.10 Å². The van der Waals surface area contributed by atoms with E-state index in [1.807, 2.05) is 18.0 Å². The average Bonchev–Trinajstić information content (AvgIpc) is 2.53. The first-order valence-corrected chi connectivity index (χ1v) is 8.77. The second-order valence-corrected chi connectivity index (χ2v) is 6.70. The van der Waals surface area contributed by atoms with Gasteiger partial charge in [0.1, 0.15) is 6.10 Å². The Labute approximate surface area is 125 Å². The van der Waals surface area contributed by atoms with Gasteiger partial charge in [-0.05, 0) is 43.8 Å². The largest absolute Gasteiger partial charge is 0.368 e. The Morgan fingerprint density at radius 3 is 3.25 bits per heavy atom. The van der Waals surface area contributed by atoms with Gasteiger partial charge < -0.3 is 10.1 Å². The quantitative estimate of drug-likeness (QED) is 0.920. The number of ether oxygens (including phenoxy) is 1. The van der Waals surface area contributed by atoms with Crippen LogP contribution in [-0.2, 0) is 17.6 Å². The van der Waals surface area contributed by atoms with Crippen LogP contribution in [0, 0.1) is 5.92 Å².